The molecule has 32 heavy (non-hydrogen) atoms. The molecule has 0 spiro atoms. The second-order valence-corrected chi connectivity index (χ2v) is 9.74. The molecule has 1 aliphatic carbocycles. The molecule has 1 aromatic rings. The van der Waals surface area contributed by atoms with E-state index in [4.69, 9.17) is 0 Å². The van der Waals surface area contributed by atoms with Crippen LogP contribution in [0.2, 0.25) is 0 Å². The summed E-state index contributed by atoms with van der Waals surface area (Å²) in [7, 11) is 0. The molecule has 1 aliphatic rings. The standard InChI is InChI=1S/C28H40O4/c1-7-10-21(24(9-3)26(31)12-18(5)29)13-20-14-22-11-17(4)25(16-23(30)8-2)19(6)28(22)27(32)15-20/h11,20-21,24H,7-10,12-16H2,1-6H3. The zero-order chi connectivity index (χ0) is 24.0. The molecule has 0 N–H and O–H groups in total. The lowest BCUT2D eigenvalue weighted by Crippen LogP contribution is -2.30. The molecule has 4 nitrogen and oxygen atoms in total. The van der Waals surface area contributed by atoms with E-state index in [1.54, 1.807) is 0 Å². The maximum Gasteiger partial charge on any atom is 0.163 e. The monoisotopic (exact) mass is 440 g/mol. The highest BCUT2D eigenvalue weighted by atomic mass is 16.1. The molecule has 0 amide bonds. The fourth-order valence-corrected chi connectivity index (χ4v) is 5.65. The normalized spacial score (nSPS) is 17.6. The van der Waals surface area contributed by atoms with E-state index in [1.807, 2.05) is 27.7 Å². The maximum atomic E-state index is 13.2. The van der Waals surface area contributed by atoms with Crippen LogP contribution < -0.4 is 0 Å². The molecular formula is C28H40O4. The highest BCUT2D eigenvalue weighted by Crippen LogP contribution is 2.37. The molecule has 3 atom stereocenters. The van der Waals surface area contributed by atoms with Crippen molar-refractivity contribution < 1.29 is 19.2 Å². The lowest BCUT2D eigenvalue weighted by molar-refractivity contribution is -0.130. The fraction of sp³-hybridized carbons (Fsp3) is 0.643. The highest BCUT2D eigenvalue weighted by Gasteiger charge is 2.33. The molecule has 1 aromatic carbocycles. The molecule has 3 unspecified atom stereocenters. The van der Waals surface area contributed by atoms with Gasteiger partial charge in [-0.25, -0.2) is 0 Å². The molecular weight excluding hydrogens is 400 g/mol. The van der Waals surface area contributed by atoms with Crippen LogP contribution in [-0.4, -0.2) is 23.1 Å². The van der Waals surface area contributed by atoms with Gasteiger partial charge in [-0.05, 0) is 74.1 Å². The summed E-state index contributed by atoms with van der Waals surface area (Å²) in [6.45, 7) is 11.5. The van der Waals surface area contributed by atoms with Gasteiger partial charge in [0.05, 0.1) is 6.42 Å². The van der Waals surface area contributed by atoms with Crippen molar-refractivity contribution in [1.82, 2.24) is 0 Å². The smallest absolute Gasteiger partial charge is 0.163 e. The Morgan fingerprint density at radius 3 is 2.34 bits per heavy atom. The van der Waals surface area contributed by atoms with Crippen LogP contribution in [0.5, 0.6) is 0 Å². The molecule has 0 saturated carbocycles. The van der Waals surface area contributed by atoms with Crippen LogP contribution in [0.15, 0.2) is 6.07 Å². The number of Topliss-reactive ketones (excluding diaryl/α,β-unsaturated/α-hetero) is 4. The summed E-state index contributed by atoms with van der Waals surface area (Å²) >= 11 is 0. The zero-order valence-electron chi connectivity index (χ0n) is 20.8. The van der Waals surface area contributed by atoms with Gasteiger partial charge in [0, 0.05) is 30.7 Å². The number of hydrogen-bond donors (Lipinski definition) is 0. The molecule has 2 rings (SSSR count). The van der Waals surface area contributed by atoms with Crippen molar-refractivity contribution >= 4 is 23.1 Å². The lowest BCUT2D eigenvalue weighted by Gasteiger charge is -2.32. The van der Waals surface area contributed by atoms with Crippen molar-refractivity contribution in [1.29, 1.82) is 0 Å². The van der Waals surface area contributed by atoms with Crippen molar-refractivity contribution in [3.8, 4) is 0 Å². The Labute approximate surface area is 193 Å². The van der Waals surface area contributed by atoms with Crippen molar-refractivity contribution in [2.45, 2.75) is 99.3 Å². The van der Waals surface area contributed by atoms with E-state index in [2.05, 4.69) is 13.0 Å². The molecule has 0 fully saturated rings. The van der Waals surface area contributed by atoms with Crippen LogP contribution in [0.25, 0.3) is 0 Å². The summed E-state index contributed by atoms with van der Waals surface area (Å²) in [6.07, 6.45) is 5.75. The summed E-state index contributed by atoms with van der Waals surface area (Å²) in [6, 6.07) is 2.11. The zero-order valence-corrected chi connectivity index (χ0v) is 20.8. The summed E-state index contributed by atoms with van der Waals surface area (Å²) in [5.41, 5.74) is 4.97. The van der Waals surface area contributed by atoms with Gasteiger partial charge in [-0.15, -0.1) is 0 Å². The van der Waals surface area contributed by atoms with Gasteiger partial charge >= 0.3 is 0 Å². The third-order valence-electron chi connectivity index (χ3n) is 7.19. The molecule has 0 radical (unpaired) electrons. The average molecular weight is 441 g/mol. The number of rotatable bonds is 12. The molecule has 176 valence electrons. The molecule has 0 saturated heterocycles. The van der Waals surface area contributed by atoms with E-state index >= 15 is 0 Å². The van der Waals surface area contributed by atoms with E-state index < -0.39 is 0 Å². The average Bonchev–Trinajstić information content (AvgIpc) is 2.70. The summed E-state index contributed by atoms with van der Waals surface area (Å²) in [5.74, 6) is 0.651. The Balaban J connectivity index is 2.28. The number of carbonyl (C=O) groups is 4. The van der Waals surface area contributed by atoms with Gasteiger partial charge < -0.3 is 0 Å². The van der Waals surface area contributed by atoms with Gasteiger partial charge in [0.25, 0.3) is 0 Å². The van der Waals surface area contributed by atoms with Crippen LogP contribution in [-0.2, 0) is 27.2 Å². The van der Waals surface area contributed by atoms with Gasteiger partial charge in [-0.2, -0.15) is 0 Å². The van der Waals surface area contributed by atoms with Crippen LogP contribution in [0, 0.1) is 31.6 Å². The van der Waals surface area contributed by atoms with Crippen molar-refractivity contribution in [3.05, 3.63) is 33.9 Å². The molecule has 0 aliphatic heterocycles. The van der Waals surface area contributed by atoms with Crippen LogP contribution in [0.3, 0.4) is 0 Å². The highest BCUT2D eigenvalue weighted by molar-refractivity contribution is 6.01. The van der Waals surface area contributed by atoms with E-state index in [0.29, 0.717) is 19.3 Å². The predicted octanol–water partition coefficient (Wildman–Crippen LogP) is 5.95. The second-order valence-electron chi connectivity index (χ2n) is 9.74. The number of ketones is 4. The van der Waals surface area contributed by atoms with E-state index in [0.717, 1.165) is 59.9 Å². The number of aryl methyl sites for hydroxylation is 1. The van der Waals surface area contributed by atoms with Crippen molar-refractivity contribution in [2.75, 3.05) is 0 Å². The SMILES string of the molecule is CCCC(CC1CC(=O)c2c(cc(C)c(CC(=O)CC)c2C)C1)C(CC)C(=O)CC(C)=O. The van der Waals surface area contributed by atoms with E-state index in [9.17, 15) is 19.2 Å². The van der Waals surface area contributed by atoms with Crippen molar-refractivity contribution in [2.24, 2.45) is 17.8 Å². The number of fused-ring (bicyclic) bond motifs is 1. The molecule has 0 bridgehead atoms. The van der Waals surface area contributed by atoms with Crippen LogP contribution in [0.4, 0.5) is 0 Å². The Bertz CT molecular complexity index is 880. The number of hydrogen-bond acceptors (Lipinski definition) is 4. The lowest BCUT2D eigenvalue weighted by atomic mass is 9.71. The van der Waals surface area contributed by atoms with Crippen molar-refractivity contribution in [3.63, 3.8) is 0 Å². The first-order chi connectivity index (χ1) is 15.1. The number of benzene rings is 1. The van der Waals surface area contributed by atoms with Gasteiger partial charge in [0.1, 0.15) is 17.3 Å². The molecule has 0 aromatic heterocycles. The van der Waals surface area contributed by atoms with Crippen LogP contribution in [0.1, 0.15) is 105 Å². The van der Waals surface area contributed by atoms with E-state index in [-0.39, 0.29) is 47.3 Å². The summed E-state index contributed by atoms with van der Waals surface area (Å²) in [5, 5.41) is 0. The maximum absolute atomic E-state index is 13.2. The topological polar surface area (TPSA) is 68.3 Å². The molecule has 4 heteroatoms. The minimum absolute atomic E-state index is 0.0167. The predicted molar refractivity (Wildman–Crippen MR) is 128 cm³/mol. The second kappa shape index (κ2) is 11.7. The Hall–Kier alpha value is -2.10. The van der Waals surface area contributed by atoms with Gasteiger partial charge in [-0.3, -0.25) is 19.2 Å². The van der Waals surface area contributed by atoms with Crippen LogP contribution >= 0.6 is 0 Å². The third kappa shape index (κ3) is 6.24. The van der Waals surface area contributed by atoms with Gasteiger partial charge in [-0.1, -0.05) is 39.7 Å². The Kier molecular flexibility index (Phi) is 9.54. The summed E-state index contributed by atoms with van der Waals surface area (Å²) < 4.78 is 0. The Morgan fingerprint density at radius 1 is 1.09 bits per heavy atom. The van der Waals surface area contributed by atoms with E-state index in [1.165, 1.54) is 6.92 Å². The first-order valence-corrected chi connectivity index (χ1v) is 12.3. The first kappa shape index (κ1) is 26.2. The Morgan fingerprint density at radius 2 is 1.78 bits per heavy atom. The minimum atomic E-state index is -0.110. The summed E-state index contributed by atoms with van der Waals surface area (Å²) in [4.78, 5) is 49.5. The third-order valence-corrected chi connectivity index (χ3v) is 7.19. The largest absolute Gasteiger partial charge is 0.300 e. The van der Waals surface area contributed by atoms with Gasteiger partial charge in [0.2, 0.25) is 0 Å². The quantitative estimate of drug-likeness (QED) is 0.377. The first-order valence-electron chi connectivity index (χ1n) is 12.3. The minimum Gasteiger partial charge on any atom is -0.300 e. The number of carbonyl (C=O) groups excluding carboxylic acids is 4. The molecule has 0 heterocycles. The fourth-order valence-electron chi connectivity index (χ4n) is 5.65. The van der Waals surface area contributed by atoms with Gasteiger partial charge in [0.15, 0.2) is 5.78 Å².